The van der Waals surface area contributed by atoms with Gasteiger partial charge in [0.2, 0.25) is 11.5 Å². The summed E-state index contributed by atoms with van der Waals surface area (Å²) in [5, 5.41) is 18.7. The Morgan fingerprint density at radius 2 is 2.00 bits per heavy atom. The quantitative estimate of drug-likeness (QED) is 0.796. The third-order valence-corrected chi connectivity index (χ3v) is 3.13. The second-order valence-electron chi connectivity index (χ2n) is 4.33. The van der Waals surface area contributed by atoms with Gasteiger partial charge in [0.25, 0.3) is 0 Å². The van der Waals surface area contributed by atoms with Crippen LogP contribution >= 0.6 is 0 Å². The molecule has 1 aliphatic heterocycles. The lowest BCUT2D eigenvalue weighted by Crippen LogP contribution is -2.34. The number of benzene rings is 1. The summed E-state index contributed by atoms with van der Waals surface area (Å²) in [5.41, 5.74) is 0.704. The van der Waals surface area contributed by atoms with Crippen LogP contribution in [0.2, 0.25) is 0 Å². The van der Waals surface area contributed by atoms with Gasteiger partial charge in [0, 0.05) is 13.5 Å². The van der Waals surface area contributed by atoms with Crippen molar-refractivity contribution in [3.05, 3.63) is 41.7 Å². The van der Waals surface area contributed by atoms with Crippen molar-refractivity contribution in [2.75, 3.05) is 7.11 Å². The monoisotopic (exact) mass is 278 g/mol. The third kappa shape index (κ3) is 2.37. The molecule has 1 heterocycles. The molecule has 6 nitrogen and oxygen atoms in total. The zero-order chi connectivity index (χ0) is 14.8. The van der Waals surface area contributed by atoms with Gasteiger partial charge in [-0.05, 0) is 5.56 Å². The molecule has 0 spiro atoms. The molecule has 106 valence electrons. The van der Waals surface area contributed by atoms with E-state index < -0.39 is 23.5 Å². The Labute approximate surface area is 115 Å². The van der Waals surface area contributed by atoms with Gasteiger partial charge in [0.15, 0.2) is 0 Å². The van der Waals surface area contributed by atoms with E-state index in [1.807, 2.05) is 0 Å². The molecule has 1 unspecified atom stereocenters. The van der Waals surface area contributed by atoms with Crippen LogP contribution in [0.3, 0.4) is 0 Å². The van der Waals surface area contributed by atoms with Gasteiger partial charge in [-0.2, -0.15) is 0 Å². The van der Waals surface area contributed by atoms with Crippen LogP contribution in [-0.2, 0) is 19.1 Å². The van der Waals surface area contributed by atoms with E-state index in [0.717, 1.165) is 0 Å². The molecule has 0 aromatic heterocycles. The van der Waals surface area contributed by atoms with E-state index in [2.05, 4.69) is 0 Å². The average Bonchev–Trinajstić information content (AvgIpc) is 2.70. The second kappa shape index (κ2) is 5.34. The highest BCUT2D eigenvalue weighted by atomic mass is 16.7. The fourth-order valence-corrected chi connectivity index (χ4v) is 2.19. The van der Waals surface area contributed by atoms with Crippen LogP contribution in [0.5, 0.6) is 0 Å². The molecular weight excluding hydrogens is 264 g/mol. The van der Waals surface area contributed by atoms with Crippen molar-refractivity contribution in [3.63, 3.8) is 0 Å². The fourth-order valence-electron chi connectivity index (χ4n) is 2.19. The number of carboxylic acid groups (broad SMARTS) is 1. The Morgan fingerprint density at radius 1 is 1.35 bits per heavy atom. The summed E-state index contributed by atoms with van der Waals surface area (Å²) >= 11 is 0. The number of aliphatic carboxylic acids is 1. The van der Waals surface area contributed by atoms with E-state index in [1.165, 1.54) is 7.11 Å². The normalized spacial score (nSPS) is 21.9. The smallest absolute Gasteiger partial charge is 0.376 e. The van der Waals surface area contributed by atoms with Gasteiger partial charge in [0.1, 0.15) is 0 Å². The Balaban J connectivity index is 2.46. The Morgan fingerprint density at radius 3 is 2.55 bits per heavy atom. The SMILES string of the molecule is COC1(CCC(=O)O)OC(=O)C(O)=C1c1ccccc1. The highest BCUT2D eigenvalue weighted by molar-refractivity contribution is 6.01. The van der Waals surface area contributed by atoms with Crippen molar-refractivity contribution in [2.24, 2.45) is 0 Å². The summed E-state index contributed by atoms with van der Waals surface area (Å²) in [5.74, 6) is -4.09. The second-order valence-corrected chi connectivity index (χ2v) is 4.33. The third-order valence-electron chi connectivity index (χ3n) is 3.13. The minimum Gasteiger partial charge on any atom is -0.501 e. The van der Waals surface area contributed by atoms with Crippen molar-refractivity contribution in [3.8, 4) is 0 Å². The first-order chi connectivity index (χ1) is 9.50. The van der Waals surface area contributed by atoms with Gasteiger partial charge in [-0.3, -0.25) is 4.79 Å². The van der Waals surface area contributed by atoms with Gasteiger partial charge in [-0.25, -0.2) is 4.79 Å². The highest BCUT2D eigenvalue weighted by Gasteiger charge is 2.49. The number of hydrogen-bond donors (Lipinski definition) is 2. The number of ether oxygens (including phenoxy) is 2. The molecule has 1 aromatic carbocycles. The van der Waals surface area contributed by atoms with E-state index in [1.54, 1.807) is 30.3 Å². The van der Waals surface area contributed by atoms with Crippen LogP contribution in [0.1, 0.15) is 18.4 Å². The van der Waals surface area contributed by atoms with Crippen molar-refractivity contribution in [1.82, 2.24) is 0 Å². The Kier molecular flexibility index (Phi) is 3.76. The molecule has 2 N–H and O–H groups in total. The van der Waals surface area contributed by atoms with Gasteiger partial charge >= 0.3 is 11.9 Å². The van der Waals surface area contributed by atoms with Crippen molar-refractivity contribution < 1.29 is 29.3 Å². The largest absolute Gasteiger partial charge is 0.501 e. The maximum atomic E-state index is 11.6. The van der Waals surface area contributed by atoms with Crippen LogP contribution in [0, 0.1) is 0 Å². The van der Waals surface area contributed by atoms with E-state index in [9.17, 15) is 14.7 Å². The first-order valence-corrected chi connectivity index (χ1v) is 5.99. The molecule has 1 aliphatic rings. The van der Waals surface area contributed by atoms with Crippen molar-refractivity contribution >= 4 is 17.5 Å². The highest BCUT2D eigenvalue weighted by Crippen LogP contribution is 2.42. The Bertz CT molecular complexity index is 562. The lowest BCUT2D eigenvalue weighted by atomic mass is 9.94. The predicted molar refractivity (Wildman–Crippen MR) is 68.7 cm³/mol. The lowest BCUT2D eigenvalue weighted by Gasteiger charge is -2.28. The molecule has 0 fully saturated rings. The topological polar surface area (TPSA) is 93.1 Å². The van der Waals surface area contributed by atoms with Crippen LogP contribution in [0.25, 0.3) is 5.57 Å². The lowest BCUT2D eigenvalue weighted by molar-refractivity contribution is -0.190. The number of carboxylic acids is 1. The first-order valence-electron chi connectivity index (χ1n) is 5.99. The average molecular weight is 278 g/mol. The molecule has 1 aromatic rings. The zero-order valence-electron chi connectivity index (χ0n) is 10.8. The van der Waals surface area contributed by atoms with E-state index in [4.69, 9.17) is 14.6 Å². The summed E-state index contributed by atoms with van der Waals surface area (Å²) < 4.78 is 10.3. The van der Waals surface area contributed by atoms with Gasteiger partial charge in [-0.1, -0.05) is 30.3 Å². The molecule has 20 heavy (non-hydrogen) atoms. The minimum atomic E-state index is -1.57. The number of methoxy groups -OCH3 is 1. The number of hydrogen-bond acceptors (Lipinski definition) is 5. The van der Waals surface area contributed by atoms with Crippen LogP contribution in [0.4, 0.5) is 0 Å². The number of rotatable bonds is 5. The summed E-state index contributed by atoms with van der Waals surface area (Å²) in [6.07, 6.45) is -0.344. The summed E-state index contributed by atoms with van der Waals surface area (Å²) in [7, 11) is 1.30. The summed E-state index contributed by atoms with van der Waals surface area (Å²) in [6.45, 7) is 0. The zero-order valence-corrected chi connectivity index (χ0v) is 10.8. The molecule has 0 radical (unpaired) electrons. The van der Waals surface area contributed by atoms with Crippen LogP contribution < -0.4 is 0 Å². The molecular formula is C14H14O6. The predicted octanol–water partition coefficient (Wildman–Crippen LogP) is 1.72. The molecule has 0 aliphatic carbocycles. The molecule has 0 bridgehead atoms. The van der Waals surface area contributed by atoms with Crippen molar-refractivity contribution in [1.29, 1.82) is 0 Å². The molecule has 0 saturated carbocycles. The molecule has 6 heteroatoms. The maximum absolute atomic E-state index is 11.6. The Hall–Kier alpha value is -2.34. The van der Waals surface area contributed by atoms with Crippen LogP contribution in [-0.4, -0.2) is 35.0 Å². The fraction of sp³-hybridized carbons (Fsp3) is 0.286. The maximum Gasteiger partial charge on any atom is 0.376 e. The van der Waals surface area contributed by atoms with E-state index in [-0.39, 0.29) is 18.4 Å². The standard InChI is InChI=1S/C14H14O6/c1-19-14(8-7-10(15)16)11(12(17)13(18)20-14)9-5-3-2-4-6-9/h2-6,17H,7-8H2,1H3,(H,15,16). The molecule has 2 rings (SSSR count). The molecule has 1 atom stereocenters. The summed E-state index contributed by atoms with van der Waals surface area (Å²) in [6, 6.07) is 8.61. The van der Waals surface area contributed by atoms with Gasteiger partial charge < -0.3 is 19.7 Å². The van der Waals surface area contributed by atoms with Crippen LogP contribution in [0.15, 0.2) is 36.1 Å². The number of esters is 1. The van der Waals surface area contributed by atoms with Crippen molar-refractivity contribution in [2.45, 2.75) is 18.6 Å². The van der Waals surface area contributed by atoms with E-state index in [0.29, 0.717) is 5.56 Å². The number of carbonyl (C=O) groups excluding carboxylic acids is 1. The molecule has 0 saturated heterocycles. The number of carbonyl (C=O) groups is 2. The van der Waals surface area contributed by atoms with Gasteiger partial charge in [-0.15, -0.1) is 0 Å². The van der Waals surface area contributed by atoms with Gasteiger partial charge in [0.05, 0.1) is 12.0 Å². The number of cyclic esters (lactones) is 1. The number of aliphatic hydroxyl groups is 1. The summed E-state index contributed by atoms with van der Waals surface area (Å²) in [4.78, 5) is 22.4. The van der Waals surface area contributed by atoms with E-state index >= 15 is 0 Å². The number of aliphatic hydroxyl groups excluding tert-OH is 1. The first kappa shape index (κ1) is 14.1. The minimum absolute atomic E-state index is 0.0845. The molecule has 0 amide bonds.